The van der Waals surface area contributed by atoms with Gasteiger partial charge in [0, 0.05) is 11.1 Å². The lowest BCUT2D eigenvalue weighted by Crippen LogP contribution is -2.29. The van der Waals surface area contributed by atoms with Crippen LogP contribution in [0.25, 0.3) is 10.9 Å². The van der Waals surface area contributed by atoms with Crippen molar-refractivity contribution in [2.24, 2.45) is 11.3 Å². The Kier molecular flexibility index (Phi) is 5.61. The molecular formula is C26H26FNO3. The van der Waals surface area contributed by atoms with Crippen LogP contribution in [0.5, 0.6) is 0 Å². The molecule has 1 heterocycles. The van der Waals surface area contributed by atoms with E-state index in [0.717, 1.165) is 41.4 Å². The highest BCUT2D eigenvalue weighted by molar-refractivity contribution is 6.06. The van der Waals surface area contributed by atoms with E-state index in [4.69, 9.17) is 9.72 Å². The van der Waals surface area contributed by atoms with Crippen molar-refractivity contribution in [3.05, 3.63) is 76.7 Å². The van der Waals surface area contributed by atoms with E-state index in [1.165, 1.54) is 18.2 Å². The van der Waals surface area contributed by atoms with E-state index in [9.17, 15) is 14.0 Å². The molecule has 0 amide bonds. The summed E-state index contributed by atoms with van der Waals surface area (Å²) in [4.78, 5) is 30.4. The van der Waals surface area contributed by atoms with Crippen LogP contribution in [0.4, 0.5) is 4.39 Å². The molecular weight excluding hydrogens is 393 g/mol. The Bertz CT molecular complexity index is 1160. The molecule has 1 unspecified atom stereocenters. The van der Waals surface area contributed by atoms with Crippen molar-refractivity contribution in [2.75, 3.05) is 6.61 Å². The van der Waals surface area contributed by atoms with Gasteiger partial charge in [0.2, 0.25) is 5.78 Å². The minimum atomic E-state index is -0.622. The normalized spacial score (nSPS) is 16.1. The Labute approximate surface area is 181 Å². The molecule has 1 atom stereocenters. The second-order valence-corrected chi connectivity index (χ2v) is 9.21. The average molecular weight is 419 g/mol. The molecule has 0 saturated carbocycles. The Hall–Kier alpha value is -3.08. The van der Waals surface area contributed by atoms with Gasteiger partial charge >= 0.3 is 5.97 Å². The molecule has 4 rings (SSSR count). The van der Waals surface area contributed by atoms with Crippen LogP contribution in [0, 0.1) is 17.2 Å². The molecule has 31 heavy (non-hydrogen) atoms. The first-order valence-corrected chi connectivity index (χ1v) is 10.6. The van der Waals surface area contributed by atoms with Gasteiger partial charge in [-0.05, 0) is 54.4 Å². The highest BCUT2D eigenvalue weighted by Gasteiger charge is 2.33. The molecule has 0 radical (unpaired) electrons. The van der Waals surface area contributed by atoms with Crippen LogP contribution in [0.2, 0.25) is 0 Å². The van der Waals surface area contributed by atoms with E-state index in [1.807, 2.05) is 24.3 Å². The van der Waals surface area contributed by atoms with Crippen LogP contribution in [-0.2, 0) is 17.6 Å². The summed E-state index contributed by atoms with van der Waals surface area (Å²) in [6, 6.07) is 13.2. The average Bonchev–Trinajstić information content (AvgIpc) is 2.74. The summed E-state index contributed by atoms with van der Waals surface area (Å²) in [5, 5.41) is 0.721. The Morgan fingerprint density at radius 3 is 2.55 bits per heavy atom. The smallest absolute Gasteiger partial charge is 0.339 e. The summed E-state index contributed by atoms with van der Waals surface area (Å²) in [5.74, 6) is -1.33. The first kappa shape index (κ1) is 21.2. The van der Waals surface area contributed by atoms with Gasteiger partial charge in [0.15, 0.2) is 6.61 Å². The van der Waals surface area contributed by atoms with Crippen LogP contribution >= 0.6 is 0 Å². The number of benzene rings is 2. The Morgan fingerprint density at radius 2 is 1.81 bits per heavy atom. The third kappa shape index (κ3) is 4.22. The number of ether oxygens (including phenoxy) is 1. The van der Waals surface area contributed by atoms with Crippen molar-refractivity contribution in [1.82, 2.24) is 4.98 Å². The molecule has 0 N–H and O–H groups in total. The fourth-order valence-corrected chi connectivity index (χ4v) is 4.33. The van der Waals surface area contributed by atoms with Crippen LogP contribution in [0.15, 0.2) is 48.5 Å². The van der Waals surface area contributed by atoms with Crippen molar-refractivity contribution in [3.63, 3.8) is 0 Å². The molecule has 4 nitrogen and oxygen atoms in total. The predicted octanol–water partition coefficient (Wildman–Crippen LogP) is 5.56. The lowest BCUT2D eigenvalue weighted by atomic mass is 9.70. The van der Waals surface area contributed by atoms with Crippen molar-refractivity contribution in [2.45, 2.75) is 40.0 Å². The maximum Gasteiger partial charge on any atom is 0.339 e. The van der Waals surface area contributed by atoms with E-state index in [1.54, 1.807) is 6.07 Å². The van der Waals surface area contributed by atoms with Gasteiger partial charge in [-0.2, -0.15) is 0 Å². The number of carbonyl (C=O) groups excluding carboxylic acids is 2. The van der Waals surface area contributed by atoms with E-state index in [0.29, 0.717) is 11.5 Å². The summed E-state index contributed by atoms with van der Waals surface area (Å²) in [7, 11) is 0. The minimum Gasteiger partial charge on any atom is -0.454 e. The maximum atomic E-state index is 13.9. The zero-order chi connectivity index (χ0) is 22.2. The minimum absolute atomic E-state index is 0.0790. The number of ketones is 1. The van der Waals surface area contributed by atoms with Gasteiger partial charge in [-0.15, -0.1) is 0 Å². The van der Waals surface area contributed by atoms with E-state index in [2.05, 4.69) is 20.8 Å². The number of fused-ring (bicyclic) bond motifs is 2. The number of halogens is 1. The van der Waals surface area contributed by atoms with Crippen LogP contribution in [0.1, 0.15) is 59.2 Å². The number of hydrogen-bond acceptors (Lipinski definition) is 4. The monoisotopic (exact) mass is 419 g/mol. The fraction of sp³-hybridized carbons (Fsp3) is 0.346. The fourth-order valence-electron chi connectivity index (χ4n) is 4.33. The molecule has 0 spiro atoms. The second kappa shape index (κ2) is 8.22. The number of para-hydroxylation sites is 1. The predicted molar refractivity (Wildman–Crippen MR) is 118 cm³/mol. The molecule has 0 aliphatic heterocycles. The number of aromatic nitrogens is 1. The molecule has 3 aromatic rings. The number of hydrogen-bond donors (Lipinski definition) is 0. The summed E-state index contributed by atoms with van der Waals surface area (Å²) >= 11 is 0. The highest BCUT2D eigenvalue weighted by Crippen LogP contribution is 2.39. The van der Waals surface area contributed by atoms with Gasteiger partial charge in [-0.1, -0.05) is 51.1 Å². The largest absolute Gasteiger partial charge is 0.454 e. The Balaban J connectivity index is 1.68. The third-order valence-corrected chi connectivity index (χ3v) is 6.20. The van der Waals surface area contributed by atoms with Gasteiger partial charge in [-0.25, -0.2) is 9.18 Å². The summed E-state index contributed by atoms with van der Waals surface area (Å²) in [6.45, 7) is 6.13. The summed E-state index contributed by atoms with van der Waals surface area (Å²) < 4.78 is 19.3. The van der Waals surface area contributed by atoms with Crippen molar-refractivity contribution >= 4 is 22.7 Å². The molecule has 1 aliphatic carbocycles. The molecule has 1 aromatic heterocycles. The number of nitrogens with zero attached hydrogens (tertiary/aromatic N) is 1. The van der Waals surface area contributed by atoms with Gasteiger partial charge in [-0.3, -0.25) is 9.78 Å². The molecule has 2 aromatic carbocycles. The first-order chi connectivity index (χ1) is 14.8. The third-order valence-electron chi connectivity index (χ3n) is 6.20. The van der Waals surface area contributed by atoms with E-state index >= 15 is 0 Å². The van der Waals surface area contributed by atoms with E-state index in [-0.39, 0.29) is 11.0 Å². The summed E-state index contributed by atoms with van der Waals surface area (Å²) in [5.41, 5.74) is 3.08. The number of carbonyl (C=O) groups is 2. The highest BCUT2D eigenvalue weighted by atomic mass is 19.1. The van der Waals surface area contributed by atoms with E-state index < -0.39 is 24.2 Å². The molecule has 5 heteroatoms. The molecule has 1 aliphatic rings. The number of Topliss-reactive ketones (excluding diaryl/α,β-unsaturated/α-hetero) is 1. The SMILES string of the molecule is CC(C)(C)C1CCc2nc3ccccc3c(C(=O)OCC(=O)c3ccccc3F)c2C1. The quantitative estimate of drug-likeness (QED) is 0.410. The number of pyridine rings is 1. The van der Waals surface area contributed by atoms with Gasteiger partial charge in [0.05, 0.1) is 16.6 Å². The Morgan fingerprint density at radius 1 is 1.10 bits per heavy atom. The maximum absolute atomic E-state index is 13.9. The lowest BCUT2D eigenvalue weighted by molar-refractivity contribution is 0.0473. The van der Waals surface area contributed by atoms with Gasteiger partial charge < -0.3 is 4.74 Å². The second-order valence-electron chi connectivity index (χ2n) is 9.21. The molecule has 0 bridgehead atoms. The zero-order valence-electron chi connectivity index (χ0n) is 18.1. The van der Waals surface area contributed by atoms with Crippen molar-refractivity contribution in [1.29, 1.82) is 0 Å². The molecule has 160 valence electrons. The van der Waals surface area contributed by atoms with Gasteiger partial charge in [0.1, 0.15) is 5.82 Å². The standard InChI is InChI=1S/C26H26FNO3/c1-26(2,3)16-12-13-22-19(14-16)24(18-9-5-7-11-21(18)28-22)25(30)31-15-23(29)17-8-4-6-10-20(17)27/h4-11,16H,12-15H2,1-3H3. The number of aryl methyl sites for hydroxylation is 1. The van der Waals surface area contributed by atoms with Gasteiger partial charge in [0.25, 0.3) is 0 Å². The topological polar surface area (TPSA) is 56.3 Å². The molecule has 0 saturated heterocycles. The molecule has 0 fully saturated rings. The first-order valence-electron chi connectivity index (χ1n) is 10.6. The number of esters is 1. The lowest BCUT2D eigenvalue weighted by Gasteiger charge is -2.35. The van der Waals surface area contributed by atoms with Crippen molar-refractivity contribution in [3.8, 4) is 0 Å². The number of rotatable bonds is 4. The van der Waals surface area contributed by atoms with Crippen LogP contribution in [0.3, 0.4) is 0 Å². The van der Waals surface area contributed by atoms with Crippen LogP contribution < -0.4 is 0 Å². The summed E-state index contributed by atoms with van der Waals surface area (Å²) in [6.07, 6.45) is 2.56. The van der Waals surface area contributed by atoms with Crippen molar-refractivity contribution < 1.29 is 18.7 Å². The zero-order valence-corrected chi connectivity index (χ0v) is 18.1. The van der Waals surface area contributed by atoms with Crippen LogP contribution in [-0.4, -0.2) is 23.3 Å².